The summed E-state index contributed by atoms with van der Waals surface area (Å²) in [7, 11) is -24.2. The first kappa shape index (κ1) is 56.1. The van der Waals surface area contributed by atoms with E-state index in [-0.39, 0.29) is 36.0 Å². The van der Waals surface area contributed by atoms with Crippen LogP contribution in [0.2, 0.25) is 98.2 Å². The van der Waals surface area contributed by atoms with Crippen LogP contribution in [0.5, 0.6) is 0 Å². The van der Waals surface area contributed by atoms with Crippen molar-refractivity contribution in [2.24, 2.45) is 0 Å². The van der Waals surface area contributed by atoms with Gasteiger partial charge in [0.05, 0.1) is 0 Å². The number of hydrogen-bond donors (Lipinski definition) is 0. The quantitative estimate of drug-likeness (QED) is 0.0336. The van der Waals surface area contributed by atoms with Gasteiger partial charge in [0.15, 0.2) is 41.6 Å². The lowest BCUT2D eigenvalue weighted by Gasteiger charge is -2.54. The van der Waals surface area contributed by atoms with Crippen molar-refractivity contribution in [2.75, 3.05) is 0 Å². The molecule has 3 unspecified atom stereocenters. The highest BCUT2D eigenvalue weighted by Gasteiger charge is 2.75. The summed E-state index contributed by atoms with van der Waals surface area (Å²) in [4.78, 5) is 40.9. The van der Waals surface area contributed by atoms with Crippen LogP contribution >= 0.6 is 0 Å². The molecular formula is C36H78O13Si8. The molecule has 0 radical (unpaired) electrons. The van der Waals surface area contributed by atoms with Gasteiger partial charge in [-0.3, -0.25) is 0 Å². The Kier molecular flexibility index (Phi) is 21.4. The lowest BCUT2D eigenvalue weighted by Crippen LogP contribution is -2.80. The summed E-state index contributed by atoms with van der Waals surface area (Å²) in [5.74, 6) is -2.06. The van der Waals surface area contributed by atoms with Gasteiger partial charge in [0.25, 0.3) is 10.0 Å². The summed E-state index contributed by atoms with van der Waals surface area (Å²) in [6.45, 7) is 50.0. The van der Waals surface area contributed by atoms with E-state index in [9.17, 15) is 14.4 Å². The maximum Gasteiger partial charge on any atom is 0.641 e. The zero-order chi connectivity index (χ0) is 45.2. The smallest absolute Gasteiger partial charge is 0.459 e. The van der Waals surface area contributed by atoms with Crippen LogP contribution in [0.4, 0.5) is 0 Å². The number of carbonyl (C=O) groups excluding carboxylic acids is 3. The Labute approximate surface area is 355 Å². The van der Waals surface area contributed by atoms with Crippen molar-refractivity contribution in [3.63, 3.8) is 0 Å². The van der Waals surface area contributed by atoms with E-state index in [1.165, 1.54) is 13.8 Å². The second-order valence-corrected chi connectivity index (χ2v) is 50.1. The van der Waals surface area contributed by atoms with Gasteiger partial charge in [-0.2, -0.15) is 0 Å². The van der Waals surface area contributed by atoms with Crippen LogP contribution in [0.3, 0.4) is 0 Å². The molecule has 0 aromatic carbocycles. The summed E-state index contributed by atoms with van der Waals surface area (Å²) >= 11 is 0. The minimum Gasteiger partial charge on any atom is -0.459 e. The minimum absolute atomic E-state index is 0.0810. The van der Waals surface area contributed by atoms with Crippen molar-refractivity contribution >= 4 is 87.4 Å². The fourth-order valence-electron chi connectivity index (χ4n) is 5.13. The fourth-order valence-corrected chi connectivity index (χ4v) is 30.6. The first-order valence-electron chi connectivity index (χ1n) is 19.8. The molecule has 0 aromatic rings. The Morgan fingerprint density at radius 2 is 0.947 bits per heavy atom. The van der Waals surface area contributed by atoms with Gasteiger partial charge in [-0.25, -0.2) is 14.4 Å². The van der Waals surface area contributed by atoms with Gasteiger partial charge >= 0.3 is 35.8 Å². The fraction of sp³-hybridized carbons (Fsp3) is 0.750. The van der Waals surface area contributed by atoms with Gasteiger partial charge in [0, 0.05) is 16.7 Å². The van der Waals surface area contributed by atoms with Crippen molar-refractivity contribution in [3.05, 3.63) is 36.5 Å². The number of hydrogen-bond acceptors (Lipinski definition) is 13. The molecule has 3 atom stereocenters. The largest absolute Gasteiger partial charge is 0.641 e. The van der Waals surface area contributed by atoms with E-state index < -0.39 is 105 Å². The van der Waals surface area contributed by atoms with Gasteiger partial charge in [0.1, 0.15) is 12.2 Å². The third-order valence-corrected chi connectivity index (χ3v) is 30.8. The van der Waals surface area contributed by atoms with Gasteiger partial charge in [-0.15, -0.1) is 0 Å². The molecule has 0 rings (SSSR count). The van der Waals surface area contributed by atoms with Crippen LogP contribution in [0.15, 0.2) is 36.5 Å². The summed E-state index contributed by atoms with van der Waals surface area (Å²) < 4.78 is 68.9. The molecule has 0 heterocycles. The predicted molar refractivity (Wildman–Crippen MR) is 247 cm³/mol. The Balaban J connectivity index is 9.14. The topological polar surface area (TPSA) is 144 Å². The summed E-state index contributed by atoms with van der Waals surface area (Å²) in [6, 6.07) is 0. The summed E-state index contributed by atoms with van der Waals surface area (Å²) in [5, 5.41) is -2.00. The monoisotopic (exact) mass is 942 g/mol. The molecule has 13 nitrogen and oxygen atoms in total. The average molecular weight is 944 g/mol. The summed E-state index contributed by atoms with van der Waals surface area (Å²) in [5.41, 5.74) is 0.445. The van der Waals surface area contributed by atoms with Crippen LogP contribution in [0.25, 0.3) is 0 Å². The van der Waals surface area contributed by atoms with Crippen molar-refractivity contribution in [1.82, 2.24) is 0 Å². The highest BCUT2D eigenvalue weighted by atomic mass is 28.6. The van der Waals surface area contributed by atoms with E-state index in [0.29, 0.717) is 6.42 Å². The zero-order valence-corrected chi connectivity index (χ0v) is 47.5. The molecule has 0 aliphatic carbocycles. The van der Waals surface area contributed by atoms with E-state index in [1.807, 2.05) is 92.4 Å². The van der Waals surface area contributed by atoms with Crippen LogP contribution in [0.1, 0.15) is 60.3 Å². The number of carbonyl (C=O) groups is 3. The van der Waals surface area contributed by atoms with Crippen LogP contribution < -0.4 is 0 Å². The number of ether oxygens (including phenoxy) is 3. The Morgan fingerprint density at radius 1 is 0.544 bits per heavy atom. The Hall–Kier alpha value is -0.915. The van der Waals surface area contributed by atoms with E-state index in [0.717, 1.165) is 0 Å². The molecule has 57 heavy (non-hydrogen) atoms. The Morgan fingerprint density at radius 3 is 1.28 bits per heavy atom. The normalized spacial score (nSPS) is 15.8. The van der Waals surface area contributed by atoms with Gasteiger partial charge in [-0.1, -0.05) is 33.6 Å². The molecule has 0 aromatic heterocycles. The van der Waals surface area contributed by atoms with Gasteiger partial charge in [0.2, 0.25) is 5.22 Å². The lowest BCUT2D eigenvalue weighted by atomic mass is 10.0. The van der Waals surface area contributed by atoms with Crippen LogP contribution in [-0.2, 0) is 57.4 Å². The third kappa shape index (κ3) is 20.5. The SMILES string of the molecule is C=C(C)C(=O)OC(CC)CCC(OC(=O)C(=C)C)(C(CC)OC(=O)C(=C)C)[Si](O[Si](C)(C)C)(O[Si](C)(C)C)O[Si](O[SiH2]O[Si](C)(C)C)(O[Si](C)(C)C)O[Si](C)(C)C. The molecular weight excluding hydrogens is 865 g/mol. The average Bonchev–Trinajstić information content (AvgIpc) is 2.96. The maximum atomic E-state index is 14.3. The van der Waals surface area contributed by atoms with Crippen molar-refractivity contribution in [3.8, 4) is 0 Å². The molecule has 0 fully saturated rings. The molecule has 0 saturated carbocycles. The number of esters is 3. The molecule has 21 heteroatoms. The molecule has 0 amide bonds. The molecule has 332 valence electrons. The van der Waals surface area contributed by atoms with E-state index in [1.54, 1.807) is 6.92 Å². The van der Waals surface area contributed by atoms with E-state index in [2.05, 4.69) is 39.4 Å². The van der Waals surface area contributed by atoms with Gasteiger partial charge < -0.3 is 43.0 Å². The molecule has 0 N–H and O–H groups in total. The lowest BCUT2D eigenvalue weighted by molar-refractivity contribution is -0.179. The van der Waals surface area contributed by atoms with Crippen molar-refractivity contribution < 1.29 is 57.4 Å². The molecule has 0 spiro atoms. The second-order valence-electron chi connectivity index (χ2n) is 19.4. The first-order valence-corrected chi connectivity index (χ1v) is 41.3. The van der Waals surface area contributed by atoms with Gasteiger partial charge in [-0.05, 0) is 145 Å². The predicted octanol–water partition coefficient (Wildman–Crippen LogP) is 8.62. The van der Waals surface area contributed by atoms with E-state index in [4.69, 9.17) is 43.0 Å². The number of rotatable bonds is 27. The highest BCUT2D eigenvalue weighted by Crippen LogP contribution is 2.45. The van der Waals surface area contributed by atoms with Crippen LogP contribution in [0, 0.1) is 0 Å². The highest BCUT2D eigenvalue weighted by molar-refractivity contribution is 6.93. The standard InChI is InChI=1S/C36H78O13Si8/c1-24-31(40-33(37)28(3)4)26-27-36(42-35(39)30(7)8,32(25-2)41-34(38)29(5)6)56(45-52(12,13)14,46-53(15,16)17)49-57(47-54(18,19)20,48-55(21,22)23)44-50-43-51(9,10)11/h31-32H,3,5,7,24-27,50H2,1-2,4,6,8-23H3. The van der Waals surface area contributed by atoms with Crippen molar-refractivity contribution in [1.29, 1.82) is 0 Å². The molecule has 0 bridgehead atoms. The second kappa shape index (κ2) is 21.7. The van der Waals surface area contributed by atoms with E-state index >= 15 is 0 Å². The van der Waals surface area contributed by atoms with Crippen LogP contribution in [-0.4, -0.2) is 105 Å². The first-order chi connectivity index (χ1) is 25.4. The third-order valence-electron chi connectivity index (χ3n) is 7.28. The molecule has 0 aliphatic heterocycles. The Bertz CT molecular complexity index is 1380. The minimum atomic E-state index is -4.83. The molecule has 0 aliphatic rings. The summed E-state index contributed by atoms with van der Waals surface area (Å²) in [6.07, 6.45) is -1.35. The maximum absolute atomic E-state index is 14.3. The zero-order valence-electron chi connectivity index (χ0n) is 39.1. The van der Waals surface area contributed by atoms with Crippen molar-refractivity contribution in [2.45, 2.75) is 176 Å². The molecule has 0 saturated heterocycles.